The van der Waals surface area contributed by atoms with Crippen molar-refractivity contribution in [2.75, 3.05) is 19.6 Å². The van der Waals surface area contributed by atoms with Crippen LogP contribution in [0.15, 0.2) is 47.1 Å². The zero-order valence-corrected chi connectivity index (χ0v) is 21.8. The number of furan rings is 1. The quantitative estimate of drug-likeness (QED) is 0.362. The molecule has 0 radical (unpaired) electrons. The van der Waals surface area contributed by atoms with Crippen molar-refractivity contribution in [3.05, 3.63) is 54.0 Å². The topological polar surface area (TPSA) is 63.3 Å². The number of imidazole rings is 1. The standard InChI is InChI=1S/C30H40N4O2/c1-22-12-14-24(15-13-22)28-29(34(21-32-28)25-10-4-3-5-11-25)26-16-17-27(36-26)30(35)31-18-8-20-33-19-7-6-9-23(33)2/h12-17,21,23,25H,3-11,18-20H2,1-2H3,(H,31,35)/t23-/m1/s1. The second-order valence-corrected chi connectivity index (χ2v) is 10.7. The fourth-order valence-corrected chi connectivity index (χ4v) is 5.81. The number of aromatic nitrogens is 2. The molecule has 6 heteroatoms. The van der Waals surface area contributed by atoms with E-state index in [1.54, 1.807) is 6.07 Å². The SMILES string of the molecule is Cc1ccc(-c2ncn(C3CCCCC3)c2-c2ccc(C(=O)NCCCN3CCCC[C@H]3C)o2)cc1. The monoisotopic (exact) mass is 488 g/mol. The number of benzene rings is 1. The number of nitrogens with zero attached hydrogens (tertiary/aromatic N) is 3. The van der Waals surface area contributed by atoms with Crippen molar-refractivity contribution < 1.29 is 9.21 Å². The van der Waals surface area contributed by atoms with E-state index in [1.807, 2.05) is 12.4 Å². The highest BCUT2D eigenvalue weighted by atomic mass is 16.4. The highest BCUT2D eigenvalue weighted by Crippen LogP contribution is 2.38. The summed E-state index contributed by atoms with van der Waals surface area (Å²) in [6.07, 6.45) is 12.9. The van der Waals surface area contributed by atoms with Crippen molar-refractivity contribution in [2.24, 2.45) is 0 Å². The Kier molecular flexibility index (Phi) is 7.90. The van der Waals surface area contributed by atoms with E-state index in [2.05, 4.69) is 52.9 Å². The first-order valence-electron chi connectivity index (χ1n) is 13.9. The van der Waals surface area contributed by atoms with Gasteiger partial charge in [-0.25, -0.2) is 4.98 Å². The summed E-state index contributed by atoms with van der Waals surface area (Å²) < 4.78 is 8.47. The van der Waals surface area contributed by atoms with Gasteiger partial charge in [0.1, 0.15) is 5.69 Å². The summed E-state index contributed by atoms with van der Waals surface area (Å²) in [5, 5.41) is 3.06. The third-order valence-electron chi connectivity index (χ3n) is 8.00. The molecule has 0 spiro atoms. The molecular weight excluding hydrogens is 448 g/mol. The highest BCUT2D eigenvalue weighted by molar-refractivity contribution is 5.92. The molecular formula is C30H40N4O2. The zero-order chi connectivity index (χ0) is 24.9. The van der Waals surface area contributed by atoms with E-state index in [0.717, 1.165) is 42.8 Å². The van der Waals surface area contributed by atoms with E-state index in [9.17, 15) is 4.79 Å². The smallest absolute Gasteiger partial charge is 0.287 e. The van der Waals surface area contributed by atoms with Crippen molar-refractivity contribution >= 4 is 5.91 Å². The lowest BCUT2D eigenvalue weighted by Gasteiger charge is -2.33. The summed E-state index contributed by atoms with van der Waals surface area (Å²) in [7, 11) is 0. The molecule has 6 nitrogen and oxygen atoms in total. The van der Waals surface area contributed by atoms with Crippen LogP contribution < -0.4 is 5.32 Å². The predicted molar refractivity (Wildman–Crippen MR) is 144 cm³/mol. The molecule has 1 aliphatic carbocycles. The number of aryl methyl sites for hydroxylation is 1. The van der Waals surface area contributed by atoms with E-state index in [1.165, 1.54) is 50.6 Å². The summed E-state index contributed by atoms with van der Waals surface area (Å²) >= 11 is 0. The molecule has 0 bridgehead atoms. The van der Waals surface area contributed by atoms with Gasteiger partial charge >= 0.3 is 0 Å². The Balaban J connectivity index is 1.31. The van der Waals surface area contributed by atoms with Crippen molar-refractivity contribution in [3.63, 3.8) is 0 Å². The number of carbonyl (C=O) groups excluding carboxylic acids is 1. The molecule has 1 aliphatic heterocycles. The van der Waals surface area contributed by atoms with Crippen molar-refractivity contribution in [2.45, 2.75) is 83.7 Å². The number of hydrogen-bond acceptors (Lipinski definition) is 4. The lowest BCUT2D eigenvalue weighted by Crippen LogP contribution is -2.39. The first kappa shape index (κ1) is 24.8. The van der Waals surface area contributed by atoms with Crippen LogP contribution in [-0.2, 0) is 0 Å². The maximum atomic E-state index is 12.9. The molecule has 1 saturated carbocycles. The van der Waals surface area contributed by atoms with Crippen LogP contribution in [0.2, 0.25) is 0 Å². The molecule has 1 aromatic carbocycles. The Morgan fingerprint density at radius 3 is 2.58 bits per heavy atom. The molecule has 2 fully saturated rings. The fraction of sp³-hybridized carbons (Fsp3) is 0.533. The molecule has 1 N–H and O–H groups in total. The Labute approximate surface area is 215 Å². The lowest BCUT2D eigenvalue weighted by molar-refractivity contribution is 0.0922. The Morgan fingerprint density at radius 2 is 1.81 bits per heavy atom. The van der Waals surface area contributed by atoms with Crippen molar-refractivity contribution in [1.29, 1.82) is 0 Å². The van der Waals surface area contributed by atoms with E-state index in [-0.39, 0.29) is 5.91 Å². The van der Waals surface area contributed by atoms with Crippen LogP contribution in [0.5, 0.6) is 0 Å². The van der Waals surface area contributed by atoms with Crippen LogP contribution >= 0.6 is 0 Å². The third kappa shape index (κ3) is 5.59. The molecule has 3 aromatic rings. The fourth-order valence-electron chi connectivity index (χ4n) is 5.81. The predicted octanol–water partition coefficient (Wildman–Crippen LogP) is 6.62. The van der Waals surface area contributed by atoms with Gasteiger partial charge in [0.15, 0.2) is 11.5 Å². The van der Waals surface area contributed by atoms with Gasteiger partial charge in [0.05, 0.1) is 12.0 Å². The van der Waals surface area contributed by atoms with Crippen LogP contribution in [0.3, 0.4) is 0 Å². The van der Waals surface area contributed by atoms with Crippen molar-refractivity contribution in [1.82, 2.24) is 19.8 Å². The molecule has 1 amide bonds. The first-order chi connectivity index (χ1) is 17.6. The Bertz CT molecular complexity index is 1140. The molecule has 1 atom stereocenters. The van der Waals surface area contributed by atoms with Gasteiger partial charge in [0, 0.05) is 30.7 Å². The molecule has 0 unspecified atom stereocenters. The second-order valence-electron chi connectivity index (χ2n) is 10.7. The molecule has 2 aliphatic rings. The third-order valence-corrected chi connectivity index (χ3v) is 8.00. The number of likely N-dealkylation sites (tertiary alicyclic amines) is 1. The van der Waals surface area contributed by atoms with Crippen molar-refractivity contribution in [3.8, 4) is 22.7 Å². The summed E-state index contributed by atoms with van der Waals surface area (Å²) in [6, 6.07) is 13.3. The first-order valence-corrected chi connectivity index (χ1v) is 13.9. The molecule has 5 rings (SSSR count). The number of piperidine rings is 1. The van der Waals surface area contributed by atoms with Gasteiger partial charge in [-0.3, -0.25) is 4.79 Å². The molecule has 192 valence electrons. The highest BCUT2D eigenvalue weighted by Gasteiger charge is 2.25. The maximum Gasteiger partial charge on any atom is 0.287 e. The largest absolute Gasteiger partial charge is 0.449 e. The average Bonchev–Trinajstić information content (AvgIpc) is 3.56. The lowest BCUT2D eigenvalue weighted by atomic mass is 9.95. The Hall–Kier alpha value is -2.86. The van der Waals surface area contributed by atoms with Gasteiger partial charge in [-0.05, 0) is 64.6 Å². The summed E-state index contributed by atoms with van der Waals surface area (Å²) in [5.41, 5.74) is 4.18. The van der Waals surface area contributed by atoms with Crippen LogP contribution in [0.4, 0.5) is 0 Å². The summed E-state index contributed by atoms with van der Waals surface area (Å²) in [5.74, 6) is 0.928. The van der Waals surface area contributed by atoms with Gasteiger partial charge in [-0.1, -0.05) is 55.5 Å². The molecule has 36 heavy (non-hydrogen) atoms. The van der Waals surface area contributed by atoms with E-state index >= 15 is 0 Å². The number of hydrogen-bond donors (Lipinski definition) is 1. The summed E-state index contributed by atoms with van der Waals surface area (Å²) in [4.78, 5) is 20.3. The number of carbonyl (C=O) groups is 1. The Morgan fingerprint density at radius 1 is 1.03 bits per heavy atom. The van der Waals surface area contributed by atoms with E-state index in [4.69, 9.17) is 9.40 Å². The second kappa shape index (κ2) is 11.5. The van der Waals surface area contributed by atoms with E-state index in [0.29, 0.717) is 30.1 Å². The average molecular weight is 489 g/mol. The normalized spacial score (nSPS) is 19.4. The maximum absolute atomic E-state index is 12.9. The van der Waals surface area contributed by atoms with Gasteiger partial charge in [-0.2, -0.15) is 0 Å². The number of rotatable bonds is 8. The summed E-state index contributed by atoms with van der Waals surface area (Å²) in [6.45, 7) is 7.27. The molecule has 3 heterocycles. The van der Waals surface area contributed by atoms with Gasteiger partial charge in [0.25, 0.3) is 5.91 Å². The molecule has 1 saturated heterocycles. The van der Waals surface area contributed by atoms with Gasteiger partial charge < -0.3 is 19.2 Å². The van der Waals surface area contributed by atoms with Gasteiger partial charge in [0.2, 0.25) is 0 Å². The minimum Gasteiger partial charge on any atom is -0.449 e. The zero-order valence-electron chi connectivity index (χ0n) is 21.8. The number of amides is 1. The van der Waals surface area contributed by atoms with Crippen LogP contribution in [0, 0.1) is 6.92 Å². The van der Waals surface area contributed by atoms with Crippen LogP contribution in [-0.4, -0.2) is 46.0 Å². The van der Waals surface area contributed by atoms with Crippen LogP contribution in [0.1, 0.15) is 86.9 Å². The van der Waals surface area contributed by atoms with Crippen LogP contribution in [0.25, 0.3) is 22.7 Å². The minimum atomic E-state index is -0.145. The van der Waals surface area contributed by atoms with Gasteiger partial charge in [-0.15, -0.1) is 0 Å². The minimum absolute atomic E-state index is 0.145. The number of nitrogens with one attached hydrogen (secondary N) is 1. The van der Waals surface area contributed by atoms with E-state index < -0.39 is 0 Å². The molecule has 2 aromatic heterocycles.